The second-order valence-corrected chi connectivity index (χ2v) is 8.33. The first-order chi connectivity index (χ1) is 14.0. The van der Waals surface area contributed by atoms with Gasteiger partial charge in [0.25, 0.3) is 0 Å². The lowest BCUT2D eigenvalue weighted by molar-refractivity contribution is 0.123. The highest BCUT2D eigenvalue weighted by Crippen LogP contribution is 2.23. The molecule has 0 aliphatic rings. The number of hydrogen-bond acceptors (Lipinski definition) is 3. The average Bonchev–Trinajstić information content (AvgIpc) is 2.72. The Morgan fingerprint density at radius 1 is 0.966 bits per heavy atom. The minimum atomic E-state index is 0.370. The van der Waals surface area contributed by atoms with Gasteiger partial charge in [-0.05, 0) is 63.3 Å². The van der Waals surface area contributed by atoms with Crippen LogP contribution in [0.4, 0.5) is 5.69 Å². The van der Waals surface area contributed by atoms with Crippen LogP contribution in [0.5, 0.6) is 5.88 Å². The maximum atomic E-state index is 7.27. The summed E-state index contributed by atoms with van der Waals surface area (Å²) in [7, 11) is 0. The number of benzene rings is 2. The molecule has 0 bridgehead atoms. The summed E-state index contributed by atoms with van der Waals surface area (Å²) in [5.74, 6) is 0.542. The van der Waals surface area contributed by atoms with Gasteiger partial charge in [0.2, 0.25) is 5.88 Å². The van der Waals surface area contributed by atoms with Crippen molar-refractivity contribution < 1.29 is 9.47 Å². The van der Waals surface area contributed by atoms with Crippen LogP contribution in [0.2, 0.25) is 5.02 Å². The second-order valence-electron chi connectivity index (χ2n) is 6.19. The molecule has 148 valence electrons. The normalized spacial score (nSPS) is 10.6. The topological polar surface area (TPSA) is 35.7 Å². The van der Waals surface area contributed by atoms with E-state index in [2.05, 4.69) is 41.7 Å². The van der Waals surface area contributed by atoms with E-state index in [1.807, 2.05) is 48.5 Å². The van der Waals surface area contributed by atoms with Gasteiger partial charge in [0.05, 0.1) is 19.8 Å². The summed E-state index contributed by atoms with van der Waals surface area (Å²) < 4.78 is 13.3. The molecule has 0 aliphatic carbocycles. The molecule has 0 saturated heterocycles. The maximum absolute atomic E-state index is 7.27. The van der Waals surface area contributed by atoms with Crippen molar-refractivity contribution in [1.29, 1.82) is 0 Å². The highest BCUT2D eigenvalue weighted by atomic mass is 79.9. The SMILES string of the molecule is [C-]#[N+]c1ccc(COc2cccc(Br)n2)c(CCOCc2cc(Br)ccc2Cl)c1. The number of halogens is 3. The van der Waals surface area contributed by atoms with E-state index in [4.69, 9.17) is 27.6 Å². The van der Waals surface area contributed by atoms with Crippen molar-refractivity contribution in [3.63, 3.8) is 0 Å². The quantitative estimate of drug-likeness (QED) is 0.174. The lowest BCUT2D eigenvalue weighted by Crippen LogP contribution is -2.05. The zero-order chi connectivity index (χ0) is 20.6. The van der Waals surface area contributed by atoms with E-state index >= 15 is 0 Å². The van der Waals surface area contributed by atoms with E-state index in [9.17, 15) is 0 Å². The largest absolute Gasteiger partial charge is 0.473 e. The average molecular weight is 537 g/mol. The first-order valence-corrected chi connectivity index (χ1v) is 10.8. The van der Waals surface area contributed by atoms with Gasteiger partial charge in [-0.15, -0.1) is 0 Å². The number of ether oxygens (including phenoxy) is 2. The summed E-state index contributed by atoms with van der Waals surface area (Å²) in [5, 5.41) is 0.679. The van der Waals surface area contributed by atoms with Crippen molar-refractivity contribution >= 4 is 49.1 Å². The van der Waals surface area contributed by atoms with Gasteiger partial charge >= 0.3 is 0 Å². The monoisotopic (exact) mass is 534 g/mol. The summed E-state index contributed by atoms with van der Waals surface area (Å²) >= 11 is 13.0. The molecule has 0 amide bonds. The maximum Gasteiger partial charge on any atom is 0.214 e. The van der Waals surface area contributed by atoms with Gasteiger partial charge in [0.15, 0.2) is 5.69 Å². The smallest absolute Gasteiger partial charge is 0.214 e. The number of nitrogens with zero attached hydrogens (tertiary/aromatic N) is 2. The third kappa shape index (κ3) is 6.55. The molecule has 7 heteroatoms. The van der Waals surface area contributed by atoms with Crippen molar-refractivity contribution in [2.45, 2.75) is 19.6 Å². The lowest BCUT2D eigenvalue weighted by Gasteiger charge is -2.12. The molecule has 29 heavy (non-hydrogen) atoms. The van der Waals surface area contributed by atoms with Gasteiger partial charge in [-0.3, -0.25) is 0 Å². The molecule has 0 spiro atoms. The molecular weight excluding hydrogens is 520 g/mol. The van der Waals surface area contributed by atoms with E-state index in [-0.39, 0.29) is 0 Å². The molecule has 0 fully saturated rings. The molecular formula is C22H17Br2ClN2O2. The zero-order valence-corrected chi connectivity index (χ0v) is 19.3. The number of aromatic nitrogens is 1. The Kier molecular flexibility index (Phi) is 8.08. The molecule has 0 unspecified atom stereocenters. The highest BCUT2D eigenvalue weighted by Gasteiger charge is 2.08. The van der Waals surface area contributed by atoms with E-state index in [1.54, 1.807) is 6.07 Å². The number of rotatable bonds is 8. The Labute approximate surface area is 191 Å². The van der Waals surface area contributed by atoms with Crippen LogP contribution in [0.15, 0.2) is 63.7 Å². The molecule has 2 aromatic carbocycles. The highest BCUT2D eigenvalue weighted by molar-refractivity contribution is 9.10. The Morgan fingerprint density at radius 2 is 1.83 bits per heavy atom. The van der Waals surface area contributed by atoms with Gasteiger partial charge in [-0.25, -0.2) is 9.83 Å². The summed E-state index contributed by atoms with van der Waals surface area (Å²) in [5.41, 5.74) is 3.55. The Balaban J connectivity index is 1.62. The fourth-order valence-electron chi connectivity index (χ4n) is 2.70. The molecule has 0 saturated carbocycles. The van der Waals surface area contributed by atoms with Crippen LogP contribution < -0.4 is 4.74 Å². The van der Waals surface area contributed by atoms with Gasteiger partial charge in [-0.1, -0.05) is 51.8 Å². The fraction of sp³-hybridized carbons (Fsp3) is 0.182. The van der Waals surface area contributed by atoms with Crippen LogP contribution in [0.1, 0.15) is 16.7 Å². The van der Waals surface area contributed by atoms with E-state index in [0.29, 0.717) is 42.8 Å². The molecule has 1 aromatic heterocycles. The van der Waals surface area contributed by atoms with Crippen molar-refractivity contribution in [3.05, 3.63) is 96.8 Å². The zero-order valence-electron chi connectivity index (χ0n) is 15.4. The predicted molar refractivity (Wildman–Crippen MR) is 121 cm³/mol. The van der Waals surface area contributed by atoms with Gasteiger partial charge in [0.1, 0.15) is 11.2 Å². The predicted octanol–water partition coefficient (Wildman–Crippen LogP) is 7.15. The van der Waals surface area contributed by atoms with E-state index in [1.165, 1.54) is 0 Å². The summed E-state index contributed by atoms with van der Waals surface area (Å²) in [6.07, 6.45) is 0.666. The van der Waals surface area contributed by atoms with Crippen LogP contribution in [-0.2, 0) is 24.4 Å². The number of hydrogen-bond donors (Lipinski definition) is 0. The van der Waals surface area contributed by atoms with Crippen molar-refractivity contribution in [3.8, 4) is 5.88 Å². The summed E-state index contributed by atoms with van der Waals surface area (Å²) in [4.78, 5) is 7.81. The van der Waals surface area contributed by atoms with Crippen molar-refractivity contribution in [2.75, 3.05) is 6.61 Å². The molecule has 3 aromatic rings. The van der Waals surface area contributed by atoms with Crippen molar-refractivity contribution in [2.24, 2.45) is 0 Å². The Morgan fingerprint density at radius 3 is 2.62 bits per heavy atom. The van der Waals surface area contributed by atoms with E-state index < -0.39 is 0 Å². The van der Waals surface area contributed by atoms with Gasteiger partial charge in [0, 0.05) is 15.6 Å². The fourth-order valence-corrected chi connectivity index (χ4v) is 3.60. The Hall–Kier alpha value is -1.91. The molecule has 0 radical (unpaired) electrons. The molecule has 4 nitrogen and oxygen atoms in total. The summed E-state index contributed by atoms with van der Waals surface area (Å²) in [6, 6.07) is 16.8. The van der Waals surface area contributed by atoms with Crippen molar-refractivity contribution in [1.82, 2.24) is 4.98 Å². The minimum Gasteiger partial charge on any atom is -0.473 e. The van der Waals surface area contributed by atoms with Crippen LogP contribution in [0.25, 0.3) is 4.85 Å². The third-order valence-electron chi connectivity index (χ3n) is 4.17. The first kappa shape index (κ1) is 21.8. The van der Waals surface area contributed by atoms with Gasteiger partial charge < -0.3 is 9.47 Å². The lowest BCUT2D eigenvalue weighted by atomic mass is 10.0. The summed E-state index contributed by atoms with van der Waals surface area (Å²) in [6.45, 7) is 8.57. The standard InChI is InChI=1S/C22H17Br2ClN2O2/c1-26-19-7-5-16(14-29-22-4-2-3-21(24)27-22)15(12-19)9-10-28-13-17-11-18(23)6-8-20(17)25/h2-8,11-12H,9-10,13-14H2. The minimum absolute atomic E-state index is 0.370. The second kappa shape index (κ2) is 10.7. The van der Waals surface area contributed by atoms with Crippen LogP contribution in [-0.4, -0.2) is 11.6 Å². The molecule has 0 atom stereocenters. The molecule has 0 N–H and O–H groups in total. The van der Waals surface area contributed by atoms with Gasteiger partial charge in [-0.2, -0.15) is 0 Å². The molecule has 3 rings (SSSR count). The number of pyridine rings is 1. The first-order valence-electron chi connectivity index (χ1n) is 8.81. The van der Waals surface area contributed by atoms with Crippen LogP contribution >= 0.6 is 43.5 Å². The van der Waals surface area contributed by atoms with Crippen LogP contribution in [0.3, 0.4) is 0 Å². The van der Waals surface area contributed by atoms with Crippen LogP contribution in [0, 0.1) is 6.57 Å². The molecule has 0 aliphatic heterocycles. The third-order valence-corrected chi connectivity index (χ3v) is 5.47. The van der Waals surface area contributed by atoms with E-state index in [0.717, 1.165) is 25.8 Å². The Bertz CT molecular complexity index is 1040. The molecule has 1 heterocycles.